The van der Waals surface area contributed by atoms with E-state index in [0.29, 0.717) is 16.3 Å². The number of benzene rings is 1. The minimum Gasteiger partial charge on any atom is -0.398 e. The first kappa shape index (κ1) is 11.9. The first-order chi connectivity index (χ1) is 8.08. The van der Waals surface area contributed by atoms with Crippen molar-refractivity contribution in [2.45, 2.75) is 17.6 Å². The summed E-state index contributed by atoms with van der Waals surface area (Å²) in [5.74, 6) is 0.436. The van der Waals surface area contributed by atoms with Crippen LogP contribution in [0.15, 0.2) is 35.2 Å². The third-order valence-corrected chi connectivity index (χ3v) is 3.96. The zero-order chi connectivity index (χ0) is 12.4. The molecule has 0 saturated carbocycles. The monoisotopic (exact) mass is 249 g/mol. The summed E-state index contributed by atoms with van der Waals surface area (Å²) in [4.78, 5) is 0.686. The lowest BCUT2D eigenvalue weighted by Gasteiger charge is -2.05. The summed E-state index contributed by atoms with van der Waals surface area (Å²) in [6, 6.07) is 9.19. The highest BCUT2D eigenvalue weighted by Gasteiger charge is 2.11. The molecule has 0 saturated heterocycles. The smallest absolute Gasteiger partial charge is 0.0703 e. The molecule has 0 spiro atoms. The fourth-order valence-electron chi connectivity index (χ4n) is 1.70. The second-order valence-electron chi connectivity index (χ2n) is 3.93. The zero-order valence-corrected chi connectivity index (χ0v) is 10.7. The van der Waals surface area contributed by atoms with Crippen LogP contribution < -0.4 is 5.73 Å². The molecule has 0 bridgehead atoms. The van der Waals surface area contributed by atoms with Crippen molar-refractivity contribution in [2.75, 3.05) is 5.73 Å². The highest BCUT2D eigenvalue weighted by molar-refractivity contribution is 7.84. The molecule has 1 heterocycles. The van der Waals surface area contributed by atoms with E-state index in [1.807, 2.05) is 32.2 Å². The van der Waals surface area contributed by atoms with Crippen LogP contribution in [0.3, 0.4) is 0 Å². The maximum atomic E-state index is 12.2. The molecule has 2 aromatic rings. The van der Waals surface area contributed by atoms with Crippen molar-refractivity contribution < 1.29 is 4.21 Å². The van der Waals surface area contributed by atoms with Gasteiger partial charge in [-0.15, -0.1) is 0 Å². The van der Waals surface area contributed by atoms with Gasteiger partial charge in [-0.1, -0.05) is 12.1 Å². The number of nitrogen functional groups attached to an aromatic ring is 1. The summed E-state index contributed by atoms with van der Waals surface area (Å²) in [5, 5.41) is 4.23. The summed E-state index contributed by atoms with van der Waals surface area (Å²) in [5.41, 5.74) is 8.26. The quantitative estimate of drug-likeness (QED) is 0.841. The molecular weight excluding hydrogens is 234 g/mol. The van der Waals surface area contributed by atoms with Gasteiger partial charge in [-0.3, -0.25) is 8.89 Å². The van der Waals surface area contributed by atoms with Crippen LogP contribution in [0.4, 0.5) is 5.69 Å². The van der Waals surface area contributed by atoms with E-state index >= 15 is 0 Å². The Labute approximate surface area is 103 Å². The average molecular weight is 249 g/mol. The zero-order valence-electron chi connectivity index (χ0n) is 9.88. The molecule has 1 aromatic carbocycles. The molecular formula is C12H15N3OS. The van der Waals surface area contributed by atoms with Gasteiger partial charge < -0.3 is 5.73 Å². The van der Waals surface area contributed by atoms with Gasteiger partial charge in [0.1, 0.15) is 0 Å². The molecule has 2 rings (SSSR count). The number of aromatic nitrogens is 2. The summed E-state index contributed by atoms with van der Waals surface area (Å²) >= 11 is 0. The lowest BCUT2D eigenvalue weighted by atomic mass is 10.3. The number of hydrogen-bond acceptors (Lipinski definition) is 3. The molecule has 0 radical (unpaired) electrons. The molecule has 2 N–H and O–H groups in total. The van der Waals surface area contributed by atoms with Crippen LogP contribution in [0.5, 0.6) is 0 Å². The number of rotatable bonds is 3. The SMILES string of the molecule is Cc1cc(CS(=O)c2ccccc2N)n(C)n1. The Morgan fingerprint density at radius 2 is 2.12 bits per heavy atom. The number of anilines is 1. The van der Waals surface area contributed by atoms with Crippen molar-refractivity contribution in [3.8, 4) is 0 Å². The summed E-state index contributed by atoms with van der Waals surface area (Å²) in [7, 11) is 0.726. The van der Waals surface area contributed by atoms with Crippen molar-refractivity contribution >= 4 is 16.5 Å². The highest BCUT2D eigenvalue weighted by Crippen LogP contribution is 2.18. The second-order valence-corrected chi connectivity index (χ2v) is 5.35. The standard InChI is InChI=1S/C12H15N3OS/c1-9-7-10(15(2)14-9)8-17(16)12-6-4-3-5-11(12)13/h3-7H,8,13H2,1-2H3. The van der Waals surface area contributed by atoms with Gasteiger partial charge in [-0.25, -0.2) is 0 Å². The maximum Gasteiger partial charge on any atom is 0.0703 e. The first-order valence-corrected chi connectivity index (χ1v) is 6.62. The van der Waals surface area contributed by atoms with Gasteiger partial charge in [0.2, 0.25) is 0 Å². The molecule has 0 aliphatic heterocycles. The van der Waals surface area contributed by atoms with E-state index in [1.54, 1.807) is 16.8 Å². The summed E-state index contributed by atoms with van der Waals surface area (Å²) < 4.78 is 13.9. The van der Waals surface area contributed by atoms with Crippen LogP contribution in [-0.4, -0.2) is 14.0 Å². The summed E-state index contributed by atoms with van der Waals surface area (Å²) in [6.45, 7) is 1.92. The van der Waals surface area contributed by atoms with E-state index in [0.717, 1.165) is 11.4 Å². The first-order valence-electron chi connectivity index (χ1n) is 5.30. The Hall–Kier alpha value is -1.62. The number of nitrogens with two attached hydrogens (primary N) is 1. The van der Waals surface area contributed by atoms with Crippen LogP contribution in [0.1, 0.15) is 11.4 Å². The van der Waals surface area contributed by atoms with Crippen molar-refractivity contribution in [3.05, 3.63) is 41.7 Å². The topological polar surface area (TPSA) is 60.9 Å². The molecule has 1 atom stereocenters. The van der Waals surface area contributed by atoms with Gasteiger partial charge in [-0.2, -0.15) is 5.10 Å². The largest absolute Gasteiger partial charge is 0.398 e. The molecule has 0 aliphatic rings. The van der Waals surface area contributed by atoms with Gasteiger partial charge in [0.15, 0.2) is 0 Å². The lowest BCUT2D eigenvalue weighted by Crippen LogP contribution is -2.05. The van der Waals surface area contributed by atoms with Crippen molar-refractivity contribution in [1.29, 1.82) is 0 Å². The van der Waals surface area contributed by atoms with E-state index < -0.39 is 10.8 Å². The van der Waals surface area contributed by atoms with Gasteiger partial charge in [-0.05, 0) is 25.1 Å². The minimum absolute atomic E-state index is 0.436. The van der Waals surface area contributed by atoms with E-state index in [1.165, 1.54) is 0 Å². The number of para-hydroxylation sites is 1. The normalized spacial score (nSPS) is 12.6. The molecule has 1 aromatic heterocycles. The van der Waals surface area contributed by atoms with Gasteiger partial charge in [0, 0.05) is 12.7 Å². The third kappa shape index (κ3) is 2.55. The molecule has 1 unspecified atom stereocenters. The fraction of sp³-hybridized carbons (Fsp3) is 0.250. The Kier molecular flexibility index (Phi) is 3.28. The van der Waals surface area contributed by atoms with Crippen LogP contribution in [0, 0.1) is 6.92 Å². The van der Waals surface area contributed by atoms with E-state index in [-0.39, 0.29) is 0 Å². The fourth-order valence-corrected chi connectivity index (χ4v) is 2.95. The molecule has 0 amide bonds. The minimum atomic E-state index is -1.13. The molecule has 0 aliphatic carbocycles. The molecule has 0 fully saturated rings. The average Bonchev–Trinajstić information content (AvgIpc) is 2.58. The van der Waals surface area contributed by atoms with Crippen LogP contribution in [0.25, 0.3) is 0 Å². The van der Waals surface area contributed by atoms with Gasteiger partial charge in [0.25, 0.3) is 0 Å². The van der Waals surface area contributed by atoms with E-state index in [9.17, 15) is 4.21 Å². The molecule has 90 valence electrons. The van der Waals surface area contributed by atoms with Crippen molar-refractivity contribution in [3.63, 3.8) is 0 Å². The Morgan fingerprint density at radius 1 is 1.41 bits per heavy atom. The lowest BCUT2D eigenvalue weighted by molar-refractivity contribution is 0.676. The van der Waals surface area contributed by atoms with E-state index in [4.69, 9.17) is 5.73 Å². The maximum absolute atomic E-state index is 12.2. The Balaban J connectivity index is 2.23. The second kappa shape index (κ2) is 4.71. The number of nitrogens with zero attached hydrogens (tertiary/aromatic N) is 2. The third-order valence-electron chi connectivity index (χ3n) is 2.54. The van der Waals surface area contributed by atoms with Crippen molar-refractivity contribution in [2.24, 2.45) is 7.05 Å². The predicted octanol–water partition coefficient (Wildman–Crippen LogP) is 1.62. The van der Waals surface area contributed by atoms with Gasteiger partial charge >= 0.3 is 0 Å². The number of hydrogen-bond donors (Lipinski definition) is 1. The highest BCUT2D eigenvalue weighted by atomic mass is 32.2. The van der Waals surface area contributed by atoms with Gasteiger partial charge in [0.05, 0.1) is 32.8 Å². The van der Waals surface area contributed by atoms with Crippen LogP contribution in [-0.2, 0) is 23.6 Å². The van der Waals surface area contributed by atoms with E-state index in [2.05, 4.69) is 5.10 Å². The Bertz CT molecular complexity index is 563. The summed E-state index contributed by atoms with van der Waals surface area (Å²) in [6.07, 6.45) is 0. The number of aryl methyl sites for hydroxylation is 2. The van der Waals surface area contributed by atoms with Crippen LogP contribution in [0.2, 0.25) is 0 Å². The van der Waals surface area contributed by atoms with Crippen molar-refractivity contribution in [1.82, 2.24) is 9.78 Å². The molecule has 5 heteroatoms. The van der Waals surface area contributed by atoms with Crippen LogP contribution >= 0.6 is 0 Å². The molecule has 17 heavy (non-hydrogen) atoms. The Morgan fingerprint density at radius 3 is 2.71 bits per heavy atom. The predicted molar refractivity (Wildman–Crippen MR) is 68.9 cm³/mol. The molecule has 4 nitrogen and oxygen atoms in total.